The second-order valence-electron chi connectivity index (χ2n) is 23.5. The van der Waals surface area contributed by atoms with Crippen molar-refractivity contribution in [3.63, 3.8) is 0 Å². The van der Waals surface area contributed by atoms with Gasteiger partial charge < -0.3 is 45.1 Å². The lowest BCUT2D eigenvalue weighted by Crippen LogP contribution is -2.61. The second kappa shape index (κ2) is 60.6. The topological polar surface area (TPSA) is 175 Å². The summed E-state index contributed by atoms with van der Waals surface area (Å²) in [6, 6.07) is -1.04. The largest absolute Gasteiger partial charge is 0.454 e. The molecule has 11 nitrogen and oxygen atoms in total. The predicted octanol–water partition coefficient (Wildman–Crippen LogP) is 17.6. The quantitative estimate of drug-likeness (QED) is 0.0195. The van der Waals surface area contributed by atoms with Crippen molar-refractivity contribution in [3.8, 4) is 0 Å². The van der Waals surface area contributed by atoms with E-state index in [-0.39, 0.29) is 19.4 Å². The van der Waals surface area contributed by atoms with Gasteiger partial charge in [-0.3, -0.25) is 9.59 Å². The lowest BCUT2D eigenvalue weighted by atomic mass is 9.99. The van der Waals surface area contributed by atoms with E-state index in [1.807, 2.05) is 6.08 Å². The molecule has 1 heterocycles. The van der Waals surface area contributed by atoms with Gasteiger partial charge in [-0.05, 0) is 109 Å². The van der Waals surface area contributed by atoms with Crippen LogP contribution < -0.4 is 5.32 Å². The number of allylic oxidation sites excluding steroid dienone is 17. The summed E-state index contributed by atoms with van der Waals surface area (Å²) in [4.78, 5) is 26.6. The Morgan fingerprint density at radius 2 is 0.847 bits per heavy atom. The summed E-state index contributed by atoms with van der Waals surface area (Å²) in [5, 5.41) is 57.2. The number of rotatable bonds is 58. The maximum absolute atomic E-state index is 13.4. The summed E-state index contributed by atoms with van der Waals surface area (Å²) in [5.74, 6) is -1.22. The molecule has 0 aromatic heterocycles. The third-order valence-electron chi connectivity index (χ3n) is 15.7. The van der Waals surface area contributed by atoms with E-state index < -0.39 is 67.4 Å². The molecule has 1 saturated heterocycles. The van der Waals surface area contributed by atoms with Gasteiger partial charge in [0.2, 0.25) is 5.91 Å². The van der Waals surface area contributed by atoms with Crippen LogP contribution in [0.15, 0.2) is 109 Å². The van der Waals surface area contributed by atoms with E-state index in [1.54, 1.807) is 6.08 Å². The van der Waals surface area contributed by atoms with Crippen molar-refractivity contribution in [2.45, 2.75) is 333 Å². The number of hydrogen-bond acceptors (Lipinski definition) is 10. The normalized spacial score (nSPS) is 19.1. The van der Waals surface area contributed by atoms with Crippen molar-refractivity contribution in [1.82, 2.24) is 5.32 Å². The fourth-order valence-corrected chi connectivity index (χ4v) is 10.2. The molecular formula is C74H127NO10. The van der Waals surface area contributed by atoms with Gasteiger partial charge in [0, 0.05) is 6.42 Å². The van der Waals surface area contributed by atoms with Crippen LogP contribution in [0.3, 0.4) is 0 Å². The maximum Gasteiger partial charge on any atom is 0.306 e. The highest BCUT2D eigenvalue weighted by Gasteiger charge is 2.47. The SMILES string of the molecule is CC/C=C\C/C=C\C/C=C\C/C=C\C/C=C\CCCCCCCCCCCCCC(=O)OC1C(OCC(NC(=O)C(O)CCCCC/C=C\C/C=C\C/C=C\CCCCC)C(O)/C=C/CCCCCCCCCCCCC)OC(CO)C(O)C1O. The fourth-order valence-electron chi connectivity index (χ4n) is 10.2. The molecule has 1 aliphatic rings. The first-order chi connectivity index (χ1) is 41.7. The van der Waals surface area contributed by atoms with Gasteiger partial charge in [-0.2, -0.15) is 0 Å². The number of carbonyl (C=O) groups excluding carboxylic acids is 2. The molecule has 8 unspecified atom stereocenters. The van der Waals surface area contributed by atoms with Crippen LogP contribution in [0.4, 0.5) is 0 Å². The van der Waals surface area contributed by atoms with Crippen molar-refractivity contribution in [2.75, 3.05) is 13.2 Å². The van der Waals surface area contributed by atoms with Crippen LogP contribution in [0.1, 0.15) is 284 Å². The Kier molecular flexibility index (Phi) is 56.6. The van der Waals surface area contributed by atoms with Gasteiger partial charge in [0.15, 0.2) is 12.4 Å². The van der Waals surface area contributed by atoms with Crippen molar-refractivity contribution < 1.29 is 49.3 Å². The third-order valence-corrected chi connectivity index (χ3v) is 15.7. The van der Waals surface area contributed by atoms with Crippen molar-refractivity contribution >= 4 is 11.9 Å². The minimum Gasteiger partial charge on any atom is -0.454 e. The zero-order chi connectivity index (χ0) is 61.7. The summed E-state index contributed by atoms with van der Waals surface area (Å²) in [5.41, 5.74) is 0. The van der Waals surface area contributed by atoms with E-state index in [9.17, 15) is 35.1 Å². The molecule has 0 bridgehead atoms. The van der Waals surface area contributed by atoms with E-state index in [2.05, 4.69) is 123 Å². The standard InChI is InChI=1S/C74H127NO10/c1-4-7-10-13-16-19-22-25-27-29-30-31-32-33-34-35-36-37-38-39-41-44-47-50-53-56-59-62-69(79)85-72-71(81)70(80)68(63-76)84-74(72)83-64-65(66(77)60-57-54-51-48-45-42-24-21-18-15-12-9-6-3)75-73(82)67(78)61-58-55-52-49-46-43-40-28-26-23-20-17-14-11-8-5-2/h7,10,16-17,19-20,25-28,30-31,33-34,43,46,57,60,65-68,70-72,74,76-78,80-81H,4-6,8-9,11-15,18,21-24,29,32,35-42,44-45,47-56,58-59,61-64H2,1-3H3,(H,75,82)/b10-7-,19-16-,20-17-,27-25-,28-26-,31-30-,34-33-,46-43-,60-57+. The number of hydrogen-bond donors (Lipinski definition) is 6. The van der Waals surface area contributed by atoms with Gasteiger partial charge in [0.25, 0.3) is 0 Å². The van der Waals surface area contributed by atoms with Crippen LogP contribution >= 0.6 is 0 Å². The van der Waals surface area contributed by atoms with E-state index >= 15 is 0 Å². The average Bonchev–Trinajstić information content (AvgIpc) is 2.50. The first-order valence-electron chi connectivity index (χ1n) is 34.7. The first kappa shape index (κ1) is 79.3. The summed E-state index contributed by atoms with van der Waals surface area (Å²) >= 11 is 0. The molecule has 8 atom stereocenters. The van der Waals surface area contributed by atoms with E-state index in [0.717, 1.165) is 122 Å². The van der Waals surface area contributed by atoms with E-state index in [4.69, 9.17) is 14.2 Å². The summed E-state index contributed by atoms with van der Waals surface area (Å²) in [7, 11) is 0. The molecule has 1 aliphatic heterocycles. The highest BCUT2D eigenvalue weighted by molar-refractivity contribution is 5.80. The summed E-state index contributed by atoms with van der Waals surface area (Å²) < 4.78 is 17.7. The molecule has 1 rings (SSSR count). The third kappa shape index (κ3) is 48.0. The molecule has 0 radical (unpaired) electrons. The minimum absolute atomic E-state index is 0.111. The number of esters is 1. The Balaban J connectivity index is 2.60. The van der Waals surface area contributed by atoms with Crippen LogP contribution in [-0.2, 0) is 23.8 Å². The predicted molar refractivity (Wildman–Crippen MR) is 356 cm³/mol. The Labute approximate surface area is 519 Å². The molecule has 1 fully saturated rings. The number of nitrogens with one attached hydrogen (secondary N) is 1. The highest BCUT2D eigenvalue weighted by atomic mass is 16.7. The molecule has 0 spiro atoms. The van der Waals surface area contributed by atoms with Gasteiger partial charge in [0.05, 0.1) is 25.4 Å². The molecule has 0 aromatic carbocycles. The van der Waals surface area contributed by atoms with E-state index in [1.165, 1.54) is 116 Å². The monoisotopic (exact) mass is 1190 g/mol. The fraction of sp³-hybridized carbons (Fsp3) is 0.730. The van der Waals surface area contributed by atoms with Gasteiger partial charge in [-0.25, -0.2) is 0 Å². The minimum atomic E-state index is -1.63. The van der Waals surface area contributed by atoms with Crippen LogP contribution in [0, 0.1) is 0 Å². The van der Waals surface area contributed by atoms with Gasteiger partial charge in [0.1, 0.15) is 24.4 Å². The maximum atomic E-state index is 13.4. The van der Waals surface area contributed by atoms with Gasteiger partial charge >= 0.3 is 5.97 Å². The van der Waals surface area contributed by atoms with Crippen LogP contribution in [0.5, 0.6) is 0 Å². The van der Waals surface area contributed by atoms with Crippen LogP contribution in [-0.4, -0.2) is 99.6 Å². The summed E-state index contributed by atoms with van der Waals surface area (Å²) in [6.45, 7) is 5.65. The molecule has 1 amide bonds. The highest BCUT2D eigenvalue weighted by Crippen LogP contribution is 2.26. The lowest BCUT2D eigenvalue weighted by molar-refractivity contribution is -0.305. The lowest BCUT2D eigenvalue weighted by Gasteiger charge is -2.41. The zero-order valence-electron chi connectivity index (χ0n) is 54.2. The molecule has 11 heteroatoms. The summed E-state index contributed by atoms with van der Waals surface area (Å²) in [6.07, 6.45) is 72.6. The zero-order valence-corrected chi connectivity index (χ0v) is 54.2. The Bertz CT molecular complexity index is 1800. The number of ether oxygens (including phenoxy) is 3. The van der Waals surface area contributed by atoms with E-state index in [0.29, 0.717) is 12.8 Å². The molecule has 0 aromatic rings. The van der Waals surface area contributed by atoms with Crippen LogP contribution in [0.2, 0.25) is 0 Å². The van der Waals surface area contributed by atoms with Crippen LogP contribution in [0.25, 0.3) is 0 Å². The molecular weight excluding hydrogens is 1060 g/mol. The number of aliphatic hydroxyl groups excluding tert-OH is 5. The smallest absolute Gasteiger partial charge is 0.306 e. The Hall–Kier alpha value is -3.68. The molecule has 6 N–H and O–H groups in total. The number of carbonyl (C=O) groups is 2. The first-order valence-corrected chi connectivity index (χ1v) is 34.7. The van der Waals surface area contributed by atoms with Gasteiger partial charge in [-0.15, -0.1) is 0 Å². The molecule has 0 saturated carbocycles. The Morgan fingerprint density at radius 1 is 0.471 bits per heavy atom. The number of aliphatic hydroxyl groups is 5. The Morgan fingerprint density at radius 3 is 1.29 bits per heavy atom. The van der Waals surface area contributed by atoms with Crippen molar-refractivity contribution in [1.29, 1.82) is 0 Å². The van der Waals surface area contributed by atoms with Crippen molar-refractivity contribution in [2.24, 2.45) is 0 Å². The number of unbranched alkanes of at least 4 members (excludes halogenated alkanes) is 28. The second-order valence-corrected chi connectivity index (χ2v) is 23.5. The number of amides is 1. The van der Waals surface area contributed by atoms with Gasteiger partial charge in [-0.1, -0.05) is 278 Å². The van der Waals surface area contributed by atoms with Crippen molar-refractivity contribution in [3.05, 3.63) is 109 Å². The average molecular weight is 1190 g/mol. The molecule has 85 heavy (non-hydrogen) atoms. The molecule has 488 valence electrons. The molecule has 0 aliphatic carbocycles.